The highest BCUT2D eigenvalue weighted by molar-refractivity contribution is 6.33. The minimum atomic E-state index is -1.09. The number of methoxy groups -OCH3 is 1. The third kappa shape index (κ3) is 4.84. The molecule has 0 bridgehead atoms. The molecule has 7 heteroatoms. The second kappa shape index (κ2) is 7.70. The third-order valence-corrected chi connectivity index (χ3v) is 2.79. The predicted octanol–water partition coefficient (Wildman–Crippen LogP) is 1.34. The van der Waals surface area contributed by atoms with Crippen LogP contribution in [0, 0.1) is 0 Å². The fraction of sp³-hybridized carbons (Fsp3) is 0.417. The second-order valence-corrected chi connectivity index (χ2v) is 4.26. The lowest BCUT2D eigenvalue weighted by Crippen LogP contribution is -2.41. The molecule has 1 aromatic heterocycles. The zero-order chi connectivity index (χ0) is 14.3. The number of aromatic nitrogens is 1. The Hall–Kier alpha value is -1.66. The molecule has 1 aromatic rings. The van der Waals surface area contributed by atoms with E-state index in [1.165, 1.54) is 25.6 Å². The van der Waals surface area contributed by atoms with E-state index < -0.39 is 17.9 Å². The Bertz CT molecular complexity index is 453. The van der Waals surface area contributed by atoms with Crippen LogP contribution in [0.25, 0.3) is 0 Å². The Morgan fingerprint density at radius 3 is 2.89 bits per heavy atom. The monoisotopic (exact) mass is 286 g/mol. The van der Waals surface area contributed by atoms with Gasteiger partial charge < -0.3 is 15.2 Å². The molecule has 1 amide bonds. The first-order valence-electron chi connectivity index (χ1n) is 5.68. The number of ether oxygens (including phenoxy) is 1. The third-order valence-electron chi connectivity index (χ3n) is 2.46. The van der Waals surface area contributed by atoms with E-state index in [1.807, 2.05) is 0 Å². The van der Waals surface area contributed by atoms with Gasteiger partial charge in [0, 0.05) is 26.1 Å². The molecule has 1 rings (SSSR count). The molecule has 0 aromatic carbocycles. The van der Waals surface area contributed by atoms with E-state index in [1.54, 1.807) is 0 Å². The molecule has 0 spiro atoms. The van der Waals surface area contributed by atoms with Crippen molar-refractivity contribution in [2.75, 3.05) is 13.7 Å². The maximum absolute atomic E-state index is 11.9. The zero-order valence-corrected chi connectivity index (χ0v) is 11.2. The Morgan fingerprint density at radius 2 is 2.32 bits per heavy atom. The molecular weight excluding hydrogens is 272 g/mol. The topological polar surface area (TPSA) is 88.5 Å². The number of nitrogens with zero attached hydrogens (tertiary/aromatic N) is 1. The largest absolute Gasteiger partial charge is 0.480 e. The van der Waals surface area contributed by atoms with Gasteiger partial charge in [-0.05, 0) is 18.9 Å². The molecule has 0 fully saturated rings. The summed E-state index contributed by atoms with van der Waals surface area (Å²) in [5.74, 6) is -1.65. The Balaban J connectivity index is 2.66. The van der Waals surface area contributed by atoms with Crippen molar-refractivity contribution in [3.63, 3.8) is 0 Å². The number of halogens is 1. The van der Waals surface area contributed by atoms with Crippen molar-refractivity contribution in [1.29, 1.82) is 0 Å². The highest BCUT2D eigenvalue weighted by atomic mass is 35.5. The SMILES string of the molecule is COCCCC(NC(=O)c1cnccc1Cl)C(=O)O. The van der Waals surface area contributed by atoms with Gasteiger partial charge in [0.05, 0.1) is 10.6 Å². The highest BCUT2D eigenvalue weighted by Gasteiger charge is 2.21. The van der Waals surface area contributed by atoms with Gasteiger partial charge in [-0.1, -0.05) is 11.6 Å². The van der Waals surface area contributed by atoms with Crippen LogP contribution >= 0.6 is 11.6 Å². The first-order chi connectivity index (χ1) is 9.06. The number of amides is 1. The van der Waals surface area contributed by atoms with Crippen LogP contribution in [0.1, 0.15) is 23.2 Å². The molecule has 6 nitrogen and oxygen atoms in total. The molecule has 0 aliphatic rings. The molecule has 2 N–H and O–H groups in total. The van der Waals surface area contributed by atoms with Crippen LogP contribution in [0.2, 0.25) is 5.02 Å². The van der Waals surface area contributed by atoms with Gasteiger partial charge in [0.15, 0.2) is 0 Å². The zero-order valence-electron chi connectivity index (χ0n) is 10.4. The van der Waals surface area contributed by atoms with Crippen molar-refractivity contribution in [2.24, 2.45) is 0 Å². The van der Waals surface area contributed by atoms with Gasteiger partial charge >= 0.3 is 5.97 Å². The summed E-state index contributed by atoms with van der Waals surface area (Å²) < 4.78 is 4.84. The first-order valence-corrected chi connectivity index (χ1v) is 6.06. The Labute approximate surface area is 115 Å². The second-order valence-electron chi connectivity index (χ2n) is 3.85. The van der Waals surface area contributed by atoms with Crippen LogP contribution in [0.3, 0.4) is 0 Å². The number of nitrogens with one attached hydrogen (secondary N) is 1. The van der Waals surface area contributed by atoms with Crippen LogP contribution in [0.4, 0.5) is 0 Å². The van der Waals surface area contributed by atoms with Gasteiger partial charge in [0.2, 0.25) is 0 Å². The number of pyridine rings is 1. The van der Waals surface area contributed by atoms with Crippen molar-refractivity contribution < 1.29 is 19.4 Å². The van der Waals surface area contributed by atoms with E-state index >= 15 is 0 Å². The van der Waals surface area contributed by atoms with Gasteiger partial charge in [-0.25, -0.2) is 4.79 Å². The quantitative estimate of drug-likeness (QED) is 0.739. The number of rotatable bonds is 7. The van der Waals surface area contributed by atoms with Gasteiger partial charge in [-0.15, -0.1) is 0 Å². The fourth-order valence-corrected chi connectivity index (χ4v) is 1.66. The summed E-state index contributed by atoms with van der Waals surface area (Å²) >= 11 is 5.84. The van der Waals surface area contributed by atoms with Crippen LogP contribution in [-0.2, 0) is 9.53 Å². The van der Waals surface area contributed by atoms with E-state index in [2.05, 4.69) is 10.3 Å². The molecule has 0 saturated carbocycles. The van der Waals surface area contributed by atoms with Gasteiger partial charge in [0.1, 0.15) is 6.04 Å². The van der Waals surface area contributed by atoms with Gasteiger partial charge in [-0.2, -0.15) is 0 Å². The fourth-order valence-electron chi connectivity index (χ4n) is 1.47. The molecule has 1 unspecified atom stereocenters. The minimum Gasteiger partial charge on any atom is -0.480 e. The summed E-state index contributed by atoms with van der Waals surface area (Å²) in [5.41, 5.74) is 0.155. The average molecular weight is 287 g/mol. The molecule has 104 valence electrons. The van der Waals surface area contributed by atoms with Crippen LogP contribution < -0.4 is 5.32 Å². The maximum atomic E-state index is 11.9. The summed E-state index contributed by atoms with van der Waals surface area (Å²) in [7, 11) is 1.53. The van der Waals surface area contributed by atoms with Crippen molar-refractivity contribution >= 4 is 23.5 Å². The molecule has 0 radical (unpaired) electrons. The van der Waals surface area contributed by atoms with E-state index in [0.717, 1.165) is 0 Å². The summed E-state index contributed by atoms with van der Waals surface area (Å²) in [5, 5.41) is 11.7. The maximum Gasteiger partial charge on any atom is 0.326 e. The first kappa shape index (κ1) is 15.4. The van der Waals surface area contributed by atoms with Crippen molar-refractivity contribution in [2.45, 2.75) is 18.9 Å². The number of carboxylic acid groups (broad SMARTS) is 1. The van der Waals surface area contributed by atoms with E-state index in [0.29, 0.717) is 13.0 Å². The molecule has 0 aliphatic carbocycles. The van der Waals surface area contributed by atoms with Crippen LogP contribution in [0.15, 0.2) is 18.5 Å². The molecule has 0 aliphatic heterocycles. The van der Waals surface area contributed by atoms with E-state index in [4.69, 9.17) is 21.4 Å². The lowest BCUT2D eigenvalue weighted by molar-refractivity contribution is -0.139. The van der Waals surface area contributed by atoms with Crippen LogP contribution in [0.5, 0.6) is 0 Å². The van der Waals surface area contributed by atoms with Gasteiger partial charge in [-0.3, -0.25) is 9.78 Å². The van der Waals surface area contributed by atoms with E-state index in [9.17, 15) is 9.59 Å². The lowest BCUT2D eigenvalue weighted by atomic mass is 10.1. The molecular formula is C12H15ClN2O4. The lowest BCUT2D eigenvalue weighted by Gasteiger charge is -2.14. The average Bonchev–Trinajstić information content (AvgIpc) is 2.38. The van der Waals surface area contributed by atoms with Crippen molar-refractivity contribution in [3.8, 4) is 0 Å². The summed E-state index contributed by atoms with van der Waals surface area (Å²) in [6.45, 7) is 0.438. The molecule has 1 heterocycles. The highest BCUT2D eigenvalue weighted by Crippen LogP contribution is 2.13. The van der Waals surface area contributed by atoms with Gasteiger partial charge in [0.25, 0.3) is 5.91 Å². The smallest absolute Gasteiger partial charge is 0.326 e. The number of hydrogen-bond acceptors (Lipinski definition) is 4. The van der Waals surface area contributed by atoms with E-state index in [-0.39, 0.29) is 17.0 Å². The molecule has 0 saturated heterocycles. The summed E-state index contributed by atoms with van der Waals surface area (Å²) in [6.07, 6.45) is 3.57. The number of carboxylic acids is 1. The number of carbonyl (C=O) groups excluding carboxylic acids is 1. The minimum absolute atomic E-state index is 0.155. The summed E-state index contributed by atoms with van der Waals surface area (Å²) in [4.78, 5) is 26.7. The molecule has 19 heavy (non-hydrogen) atoms. The normalized spacial score (nSPS) is 11.9. The number of carbonyl (C=O) groups is 2. The standard InChI is InChI=1S/C12H15ClN2O4/c1-19-6-2-3-10(12(17)18)15-11(16)8-7-14-5-4-9(8)13/h4-5,7,10H,2-3,6H2,1H3,(H,15,16)(H,17,18). The van der Waals surface area contributed by atoms with Crippen molar-refractivity contribution in [1.82, 2.24) is 10.3 Å². The summed E-state index contributed by atoms with van der Waals surface area (Å²) in [6, 6.07) is 0.496. The Morgan fingerprint density at radius 1 is 1.58 bits per heavy atom. The van der Waals surface area contributed by atoms with Crippen molar-refractivity contribution in [3.05, 3.63) is 29.0 Å². The predicted molar refractivity (Wildman–Crippen MR) is 69.2 cm³/mol. The number of hydrogen-bond donors (Lipinski definition) is 2. The number of aliphatic carboxylic acids is 1. The van der Waals surface area contributed by atoms with Crippen LogP contribution in [-0.4, -0.2) is 41.7 Å². The Kier molecular flexibility index (Phi) is 6.24. The molecule has 1 atom stereocenters.